The fourth-order valence-electron chi connectivity index (χ4n) is 1.74. The summed E-state index contributed by atoms with van der Waals surface area (Å²) in [5, 5.41) is 10.2. The number of anilines is 1. The molecule has 0 spiro atoms. The van der Waals surface area contributed by atoms with E-state index >= 15 is 0 Å². The summed E-state index contributed by atoms with van der Waals surface area (Å²) in [7, 11) is 0. The lowest BCUT2D eigenvalue weighted by molar-refractivity contribution is 0.0727. The molecule has 1 atom stereocenters. The van der Waals surface area contributed by atoms with Gasteiger partial charge in [0.15, 0.2) is 0 Å². The molecule has 1 saturated heterocycles. The molecule has 1 aliphatic rings. The van der Waals surface area contributed by atoms with E-state index < -0.39 is 0 Å². The summed E-state index contributed by atoms with van der Waals surface area (Å²) < 4.78 is 9.65. The van der Waals surface area contributed by atoms with E-state index in [1.54, 1.807) is 0 Å². The second-order valence-electron chi connectivity index (χ2n) is 3.85. The Morgan fingerprint density at radius 2 is 2.50 bits per heavy atom. The molecule has 0 bridgehead atoms. The molecule has 2 heterocycles. The Morgan fingerprint density at radius 3 is 3.25 bits per heavy atom. The molecule has 90 valence electrons. The van der Waals surface area contributed by atoms with Crippen LogP contribution in [0.15, 0.2) is 0 Å². The predicted octanol–water partition coefficient (Wildman–Crippen LogP) is 0.688. The van der Waals surface area contributed by atoms with Gasteiger partial charge in [-0.1, -0.05) is 6.92 Å². The summed E-state index contributed by atoms with van der Waals surface area (Å²) in [5.74, 6) is 0.908. The first-order valence-corrected chi connectivity index (χ1v) is 6.40. The van der Waals surface area contributed by atoms with Gasteiger partial charge in [0.05, 0.1) is 25.9 Å². The molecule has 0 saturated carbocycles. The van der Waals surface area contributed by atoms with Gasteiger partial charge in [-0.2, -0.15) is 4.37 Å². The minimum Gasteiger partial charge on any atom is -0.394 e. The molecule has 1 fully saturated rings. The highest BCUT2D eigenvalue weighted by molar-refractivity contribution is 7.09. The minimum atomic E-state index is 0.0242. The molecule has 1 unspecified atom stereocenters. The van der Waals surface area contributed by atoms with Crippen molar-refractivity contribution in [1.82, 2.24) is 9.36 Å². The van der Waals surface area contributed by atoms with Crippen molar-refractivity contribution in [2.75, 3.05) is 31.3 Å². The van der Waals surface area contributed by atoms with E-state index in [1.807, 2.05) is 0 Å². The van der Waals surface area contributed by atoms with Crippen LogP contribution in [0.25, 0.3) is 0 Å². The standard InChI is InChI=1S/C10H17N3O2S/c1-2-3-9-11-10(16-12-9)13-4-5-15-7-8(13)6-14/h8,14H,2-7H2,1H3. The molecule has 0 amide bonds. The first kappa shape index (κ1) is 11.8. The van der Waals surface area contributed by atoms with Crippen molar-refractivity contribution in [3.8, 4) is 0 Å². The SMILES string of the molecule is CCCc1nsc(N2CCOCC2CO)n1. The van der Waals surface area contributed by atoms with Crippen LogP contribution in [-0.4, -0.2) is 46.9 Å². The third-order valence-electron chi connectivity index (χ3n) is 2.61. The van der Waals surface area contributed by atoms with Gasteiger partial charge in [0, 0.05) is 24.5 Å². The third kappa shape index (κ3) is 2.50. The summed E-state index contributed by atoms with van der Waals surface area (Å²) in [4.78, 5) is 6.59. The molecule has 6 heteroatoms. The van der Waals surface area contributed by atoms with E-state index in [2.05, 4.69) is 21.2 Å². The van der Waals surface area contributed by atoms with Gasteiger partial charge in [0.2, 0.25) is 5.13 Å². The Labute approximate surface area is 99.2 Å². The molecule has 2 rings (SSSR count). The van der Waals surface area contributed by atoms with Gasteiger partial charge in [-0.15, -0.1) is 0 Å². The zero-order valence-electron chi connectivity index (χ0n) is 9.43. The number of aromatic nitrogens is 2. The zero-order chi connectivity index (χ0) is 11.4. The second kappa shape index (κ2) is 5.56. The maximum atomic E-state index is 9.27. The molecule has 5 nitrogen and oxygen atoms in total. The van der Waals surface area contributed by atoms with Gasteiger partial charge in [-0.3, -0.25) is 0 Å². The fraction of sp³-hybridized carbons (Fsp3) is 0.800. The summed E-state index contributed by atoms with van der Waals surface area (Å²) in [6.45, 7) is 4.26. The summed E-state index contributed by atoms with van der Waals surface area (Å²) in [6.07, 6.45) is 1.98. The van der Waals surface area contributed by atoms with Gasteiger partial charge in [0.25, 0.3) is 0 Å². The largest absolute Gasteiger partial charge is 0.394 e. The van der Waals surface area contributed by atoms with Gasteiger partial charge in [0.1, 0.15) is 5.82 Å². The molecule has 1 aromatic heterocycles. The first-order chi connectivity index (χ1) is 7.85. The third-order valence-corrected chi connectivity index (χ3v) is 3.41. The Kier molecular flexibility index (Phi) is 4.09. The Bertz CT molecular complexity index is 332. The number of hydrogen-bond donors (Lipinski definition) is 1. The second-order valence-corrected chi connectivity index (χ2v) is 4.58. The van der Waals surface area contributed by atoms with Gasteiger partial charge < -0.3 is 14.7 Å². The van der Waals surface area contributed by atoms with Crippen LogP contribution in [0.2, 0.25) is 0 Å². The molecule has 16 heavy (non-hydrogen) atoms. The number of hydrogen-bond acceptors (Lipinski definition) is 6. The van der Waals surface area contributed by atoms with Crippen LogP contribution in [0.1, 0.15) is 19.2 Å². The monoisotopic (exact) mass is 243 g/mol. The number of aliphatic hydroxyl groups excluding tert-OH is 1. The van der Waals surface area contributed by atoms with Crippen LogP contribution in [0.5, 0.6) is 0 Å². The Balaban J connectivity index is 2.08. The van der Waals surface area contributed by atoms with Gasteiger partial charge in [-0.25, -0.2) is 4.98 Å². The van der Waals surface area contributed by atoms with E-state index in [0.717, 1.165) is 30.3 Å². The molecule has 1 aliphatic heterocycles. The highest BCUT2D eigenvalue weighted by Gasteiger charge is 2.25. The quantitative estimate of drug-likeness (QED) is 0.843. The molecule has 0 aliphatic carbocycles. The topological polar surface area (TPSA) is 58.5 Å². The lowest BCUT2D eigenvalue weighted by atomic mass is 10.2. The lowest BCUT2D eigenvalue weighted by Gasteiger charge is -2.33. The van der Waals surface area contributed by atoms with Crippen LogP contribution in [0, 0.1) is 0 Å². The number of aliphatic hydroxyl groups is 1. The first-order valence-electron chi connectivity index (χ1n) is 5.63. The molecular formula is C10H17N3O2S. The van der Waals surface area contributed by atoms with Crippen LogP contribution < -0.4 is 4.90 Å². The lowest BCUT2D eigenvalue weighted by Crippen LogP contribution is -2.47. The minimum absolute atomic E-state index is 0.0242. The average Bonchev–Trinajstić information content (AvgIpc) is 2.78. The van der Waals surface area contributed by atoms with E-state index in [9.17, 15) is 5.11 Å². The number of nitrogens with zero attached hydrogens (tertiary/aromatic N) is 3. The highest BCUT2D eigenvalue weighted by atomic mass is 32.1. The molecule has 0 radical (unpaired) electrons. The maximum absolute atomic E-state index is 9.27. The number of rotatable bonds is 4. The summed E-state index contributed by atoms with van der Waals surface area (Å²) in [5.41, 5.74) is 0. The highest BCUT2D eigenvalue weighted by Crippen LogP contribution is 2.22. The maximum Gasteiger partial charge on any atom is 0.205 e. The van der Waals surface area contributed by atoms with Crippen molar-refractivity contribution in [3.05, 3.63) is 5.82 Å². The van der Waals surface area contributed by atoms with Crippen LogP contribution in [0.4, 0.5) is 5.13 Å². The smallest absolute Gasteiger partial charge is 0.205 e. The summed E-state index contributed by atoms with van der Waals surface area (Å²) >= 11 is 1.41. The van der Waals surface area contributed by atoms with E-state index in [0.29, 0.717) is 13.2 Å². The number of morpholine rings is 1. The Morgan fingerprint density at radius 1 is 1.62 bits per heavy atom. The molecular weight excluding hydrogens is 226 g/mol. The normalized spacial score (nSPS) is 21.4. The average molecular weight is 243 g/mol. The number of aryl methyl sites for hydroxylation is 1. The van der Waals surface area contributed by atoms with Crippen molar-refractivity contribution >= 4 is 16.7 Å². The van der Waals surface area contributed by atoms with Crippen molar-refractivity contribution in [1.29, 1.82) is 0 Å². The van der Waals surface area contributed by atoms with E-state index in [1.165, 1.54) is 11.5 Å². The molecule has 0 aromatic carbocycles. The van der Waals surface area contributed by atoms with Crippen molar-refractivity contribution in [2.45, 2.75) is 25.8 Å². The molecule has 1 aromatic rings. The van der Waals surface area contributed by atoms with E-state index in [4.69, 9.17) is 4.74 Å². The van der Waals surface area contributed by atoms with Crippen LogP contribution in [-0.2, 0) is 11.2 Å². The van der Waals surface area contributed by atoms with Crippen molar-refractivity contribution < 1.29 is 9.84 Å². The zero-order valence-corrected chi connectivity index (χ0v) is 10.2. The van der Waals surface area contributed by atoms with Crippen LogP contribution in [0.3, 0.4) is 0 Å². The summed E-state index contributed by atoms with van der Waals surface area (Å²) in [6, 6.07) is 0.0242. The van der Waals surface area contributed by atoms with Gasteiger partial charge in [-0.05, 0) is 6.42 Å². The molecule has 1 N–H and O–H groups in total. The Hall–Kier alpha value is -0.720. The van der Waals surface area contributed by atoms with E-state index in [-0.39, 0.29) is 12.6 Å². The van der Waals surface area contributed by atoms with Crippen LogP contribution >= 0.6 is 11.5 Å². The van der Waals surface area contributed by atoms with Crippen molar-refractivity contribution in [3.63, 3.8) is 0 Å². The van der Waals surface area contributed by atoms with Crippen molar-refractivity contribution in [2.24, 2.45) is 0 Å². The number of ether oxygens (including phenoxy) is 1. The fourth-order valence-corrected chi connectivity index (χ4v) is 2.56. The van der Waals surface area contributed by atoms with Gasteiger partial charge >= 0.3 is 0 Å². The predicted molar refractivity (Wildman–Crippen MR) is 62.9 cm³/mol.